The molecule has 0 radical (unpaired) electrons. The number of hydrogen-bond donors (Lipinski definition) is 2. The smallest absolute Gasteiger partial charge is 0.0903 e. The van der Waals surface area contributed by atoms with Crippen molar-refractivity contribution in [2.75, 3.05) is 0 Å². The highest BCUT2D eigenvalue weighted by Crippen LogP contribution is 2.24. The summed E-state index contributed by atoms with van der Waals surface area (Å²) in [6.07, 6.45) is 3.35. The Labute approximate surface area is 102 Å². The first-order valence-corrected chi connectivity index (χ1v) is 5.38. The average molecular weight is 246 g/mol. The van der Waals surface area contributed by atoms with E-state index in [9.17, 15) is 0 Å². The zero-order chi connectivity index (χ0) is 11.7. The van der Waals surface area contributed by atoms with E-state index in [0.717, 1.165) is 22.8 Å². The molecule has 3 aromatic heterocycles. The molecule has 0 saturated heterocycles. The van der Waals surface area contributed by atoms with Gasteiger partial charge in [0.25, 0.3) is 0 Å². The summed E-state index contributed by atoms with van der Waals surface area (Å²) < 4.78 is 0. The van der Waals surface area contributed by atoms with E-state index >= 15 is 0 Å². The molecule has 3 rings (SSSR count). The van der Waals surface area contributed by atoms with Gasteiger partial charge in [0.1, 0.15) is 0 Å². The number of aromatic nitrogens is 5. The lowest BCUT2D eigenvalue weighted by Gasteiger charge is -2.02. The maximum absolute atomic E-state index is 6.08. The molecule has 0 aliphatic carbocycles. The van der Waals surface area contributed by atoms with Crippen molar-refractivity contribution >= 4 is 11.6 Å². The topological polar surface area (TPSA) is 70.2 Å². The van der Waals surface area contributed by atoms with E-state index in [0.29, 0.717) is 5.02 Å². The van der Waals surface area contributed by atoms with Crippen molar-refractivity contribution < 1.29 is 0 Å². The monoisotopic (exact) mass is 245 g/mol. The molecule has 2 N–H and O–H groups in total. The van der Waals surface area contributed by atoms with Crippen LogP contribution in [0.15, 0.2) is 36.7 Å². The van der Waals surface area contributed by atoms with Gasteiger partial charge in [-0.15, -0.1) is 0 Å². The number of pyridine rings is 1. The molecule has 0 aromatic carbocycles. The first kappa shape index (κ1) is 10.0. The molecule has 3 aromatic rings. The van der Waals surface area contributed by atoms with Gasteiger partial charge < -0.3 is 0 Å². The molecule has 0 fully saturated rings. The van der Waals surface area contributed by atoms with Gasteiger partial charge in [-0.3, -0.25) is 10.2 Å². The van der Waals surface area contributed by atoms with E-state index in [1.807, 2.05) is 12.1 Å². The van der Waals surface area contributed by atoms with Crippen molar-refractivity contribution in [3.63, 3.8) is 0 Å². The van der Waals surface area contributed by atoms with Gasteiger partial charge in [-0.25, -0.2) is 4.98 Å². The van der Waals surface area contributed by atoms with Gasteiger partial charge in [0.2, 0.25) is 0 Å². The Morgan fingerprint density at radius 3 is 1.82 bits per heavy atom. The summed E-state index contributed by atoms with van der Waals surface area (Å²) in [5.74, 6) is 0. The fraction of sp³-hybridized carbons (Fsp3) is 0. The molecule has 0 aliphatic rings. The minimum Gasteiger partial charge on any atom is -0.276 e. The van der Waals surface area contributed by atoms with Gasteiger partial charge in [-0.2, -0.15) is 10.2 Å². The van der Waals surface area contributed by atoms with Crippen LogP contribution >= 0.6 is 11.6 Å². The second-order valence-corrected chi connectivity index (χ2v) is 3.93. The fourth-order valence-corrected chi connectivity index (χ4v) is 1.78. The predicted molar refractivity (Wildman–Crippen MR) is 64.4 cm³/mol. The first-order valence-electron chi connectivity index (χ1n) is 5.00. The standard InChI is InChI=1S/C11H8ClN5/c12-7-5-10(8-1-3-13-16-8)15-11(6-7)9-2-4-14-17-9/h1-6H,(H,13,16)(H,14,17). The zero-order valence-corrected chi connectivity index (χ0v) is 9.44. The molecule has 5 nitrogen and oxygen atoms in total. The van der Waals surface area contributed by atoms with E-state index in [4.69, 9.17) is 11.6 Å². The van der Waals surface area contributed by atoms with Gasteiger partial charge in [0.05, 0.1) is 22.8 Å². The molecule has 0 amide bonds. The van der Waals surface area contributed by atoms with Crippen LogP contribution in [0.25, 0.3) is 22.8 Å². The maximum Gasteiger partial charge on any atom is 0.0903 e. The quantitative estimate of drug-likeness (QED) is 0.729. The van der Waals surface area contributed by atoms with Gasteiger partial charge in [-0.1, -0.05) is 11.6 Å². The van der Waals surface area contributed by atoms with Crippen LogP contribution in [0.4, 0.5) is 0 Å². The van der Waals surface area contributed by atoms with E-state index in [1.54, 1.807) is 24.5 Å². The minimum absolute atomic E-state index is 0.620. The minimum atomic E-state index is 0.620. The normalized spacial score (nSPS) is 10.6. The number of nitrogens with zero attached hydrogens (tertiary/aromatic N) is 3. The number of halogens is 1. The second-order valence-electron chi connectivity index (χ2n) is 3.50. The summed E-state index contributed by atoms with van der Waals surface area (Å²) in [5.41, 5.74) is 3.15. The zero-order valence-electron chi connectivity index (χ0n) is 8.68. The molecule has 0 aliphatic heterocycles. The van der Waals surface area contributed by atoms with E-state index in [2.05, 4.69) is 25.4 Å². The second kappa shape index (κ2) is 4.03. The number of H-pyrrole nitrogens is 2. The van der Waals surface area contributed by atoms with Crippen molar-refractivity contribution in [1.29, 1.82) is 0 Å². The van der Waals surface area contributed by atoms with Crippen LogP contribution in [0, 0.1) is 0 Å². The lowest BCUT2D eigenvalue weighted by atomic mass is 10.2. The SMILES string of the molecule is Clc1cc(-c2ccn[nH]2)nc(-c2ccn[nH]2)c1. The van der Waals surface area contributed by atoms with Gasteiger partial charge in [-0.05, 0) is 24.3 Å². The summed E-state index contributed by atoms with van der Waals surface area (Å²) in [6.45, 7) is 0. The molecule has 0 atom stereocenters. The van der Waals surface area contributed by atoms with Crippen molar-refractivity contribution in [3.8, 4) is 22.8 Å². The van der Waals surface area contributed by atoms with E-state index in [1.165, 1.54) is 0 Å². The molecular formula is C11H8ClN5. The van der Waals surface area contributed by atoms with Crippen LogP contribution < -0.4 is 0 Å². The highest BCUT2D eigenvalue weighted by molar-refractivity contribution is 6.31. The Balaban J connectivity index is 2.13. The molecule has 0 saturated carbocycles. The van der Waals surface area contributed by atoms with Crippen molar-refractivity contribution in [3.05, 3.63) is 41.7 Å². The number of nitrogens with one attached hydrogen (secondary N) is 2. The molecule has 0 spiro atoms. The predicted octanol–water partition coefficient (Wildman–Crippen LogP) is 2.52. The Morgan fingerprint density at radius 1 is 0.882 bits per heavy atom. The summed E-state index contributed by atoms with van der Waals surface area (Å²) in [5, 5.41) is 14.1. The van der Waals surface area contributed by atoms with E-state index in [-0.39, 0.29) is 0 Å². The number of aromatic amines is 2. The van der Waals surface area contributed by atoms with Crippen LogP contribution in [0.1, 0.15) is 0 Å². The summed E-state index contributed by atoms with van der Waals surface area (Å²) in [4.78, 5) is 4.49. The van der Waals surface area contributed by atoms with Crippen LogP contribution in [-0.4, -0.2) is 25.4 Å². The largest absolute Gasteiger partial charge is 0.276 e. The highest BCUT2D eigenvalue weighted by Gasteiger charge is 2.07. The van der Waals surface area contributed by atoms with Crippen LogP contribution in [-0.2, 0) is 0 Å². The average Bonchev–Trinajstić information content (AvgIpc) is 3.02. The third-order valence-corrected chi connectivity index (χ3v) is 2.56. The number of rotatable bonds is 2. The Morgan fingerprint density at radius 2 is 1.41 bits per heavy atom. The Hall–Kier alpha value is -2.14. The van der Waals surface area contributed by atoms with Crippen LogP contribution in [0.3, 0.4) is 0 Å². The van der Waals surface area contributed by atoms with Gasteiger partial charge in [0, 0.05) is 17.4 Å². The third-order valence-electron chi connectivity index (χ3n) is 2.34. The molecule has 3 heterocycles. The molecule has 84 valence electrons. The third kappa shape index (κ3) is 1.92. The highest BCUT2D eigenvalue weighted by atomic mass is 35.5. The van der Waals surface area contributed by atoms with E-state index < -0.39 is 0 Å². The molecule has 0 bridgehead atoms. The van der Waals surface area contributed by atoms with Gasteiger partial charge in [0.15, 0.2) is 0 Å². The summed E-state index contributed by atoms with van der Waals surface area (Å²) >= 11 is 6.08. The fourth-order valence-electron chi connectivity index (χ4n) is 1.57. The van der Waals surface area contributed by atoms with Gasteiger partial charge >= 0.3 is 0 Å². The van der Waals surface area contributed by atoms with Crippen molar-refractivity contribution in [1.82, 2.24) is 25.4 Å². The van der Waals surface area contributed by atoms with Crippen molar-refractivity contribution in [2.24, 2.45) is 0 Å². The molecule has 0 unspecified atom stereocenters. The maximum atomic E-state index is 6.08. The van der Waals surface area contributed by atoms with Crippen LogP contribution in [0.5, 0.6) is 0 Å². The Kier molecular flexibility index (Phi) is 2.38. The lowest BCUT2D eigenvalue weighted by Crippen LogP contribution is -1.89. The first-order chi connectivity index (χ1) is 8.33. The molecule has 6 heteroatoms. The van der Waals surface area contributed by atoms with Crippen molar-refractivity contribution in [2.45, 2.75) is 0 Å². The van der Waals surface area contributed by atoms with Crippen LogP contribution in [0.2, 0.25) is 5.02 Å². The lowest BCUT2D eigenvalue weighted by molar-refractivity contribution is 1.07. The molecular weight excluding hydrogens is 238 g/mol. The molecule has 17 heavy (non-hydrogen) atoms. The number of hydrogen-bond acceptors (Lipinski definition) is 3. The Bertz CT molecular complexity index is 563. The summed E-state index contributed by atoms with van der Waals surface area (Å²) in [7, 11) is 0. The summed E-state index contributed by atoms with van der Waals surface area (Å²) in [6, 6.07) is 7.26.